The molecule has 0 aromatic heterocycles. The lowest BCUT2D eigenvalue weighted by atomic mass is 10.0. The van der Waals surface area contributed by atoms with Gasteiger partial charge >= 0.3 is 12.1 Å². The van der Waals surface area contributed by atoms with Gasteiger partial charge in [-0.2, -0.15) is 0 Å². The molecule has 0 spiro atoms. The summed E-state index contributed by atoms with van der Waals surface area (Å²) in [5, 5.41) is 14.9. The molecule has 0 heterocycles. The number of unbranched alkanes of at least 4 members (excludes halogenated alkanes) is 9. The van der Waals surface area contributed by atoms with Gasteiger partial charge in [-0.1, -0.05) is 64.7 Å². The van der Waals surface area contributed by atoms with Gasteiger partial charge in [0.15, 0.2) is 6.04 Å². The van der Waals surface area contributed by atoms with Crippen LogP contribution >= 0.6 is 0 Å². The molecule has 4 atom stereocenters. The van der Waals surface area contributed by atoms with E-state index in [0.717, 1.165) is 19.3 Å². The Balaban J connectivity index is 4.30. The number of alkyl carbamates (subject to hydrolysis) is 1. The van der Waals surface area contributed by atoms with Crippen LogP contribution in [0.1, 0.15) is 119 Å². The van der Waals surface area contributed by atoms with Crippen molar-refractivity contribution in [3.05, 3.63) is 0 Å². The van der Waals surface area contributed by atoms with Crippen LogP contribution in [0.4, 0.5) is 4.79 Å². The van der Waals surface area contributed by atoms with Crippen molar-refractivity contribution in [2.75, 3.05) is 0 Å². The summed E-state index contributed by atoms with van der Waals surface area (Å²) in [6, 6.07) is -2.17. The van der Waals surface area contributed by atoms with Crippen LogP contribution in [0.15, 0.2) is 0 Å². The predicted molar refractivity (Wildman–Crippen MR) is 134 cm³/mol. The SMILES string of the molecule is CCCCCCCCCCCCC(C)OC(=O)[C@@H](NC(=O)[C@H](C)NC(=O)OC(C)(C)C)[C@@H](C)O. The van der Waals surface area contributed by atoms with Gasteiger partial charge in [-0.05, 0) is 54.4 Å². The molecular formula is C26H50N2O6. The Bertz CT molecular complexity index is 588. The van der Waals surface area contributed by atoms with Crippen LogP contribution in [0.5, 0.6) is 0 Å². The van der Waals surface area contributed by atoms with Crippen molar-refractivity contribution in [1.82, 2.24) is 10.6 Å². The molecule has 0 aliphatic heterocycles. The molecule has 0 radical (unpaired) electrons. The molecular weight excluding hydrogens is 436 g/mol. The summed E-state index contributed by atoms with van der Waals surface area (Å²) in [5.41, 5.74) is -0.698. The third-order valence-electron chi connectivity index (χ3n) is 5.44. The van der Waals surface area contributed by atoms with Gasteiger partial charge in [0.05, 0.1) is 12.2 Å². The zero-order chi connectivity index (χ0) is 26.1. The van der Waals surface area contributed by atoms with E-state index in [9.17, 15) is 19.5 Å². The van der Waals surface area contributed by atoms with Gasteiger partial charge in [0.25, 0.3) is 0 Å². The van der Waals surface area contributed by atoms with Crippen LogP contribution in [0.25, 0.3) is 0 Å². The van der Waals surface area contributed by atoms with E-state index in [1.54, 1.807) is 20.8 Å². The minimum absolute atomic E-state index is 0.308. The fourth-order valence-electron chi connectivity index (χ4n) is 3.45. The maximum absolute atomic E-state index is 12.5. The van der Waals surface area contributed by atoms with Gasteiger partial charge in [0, 0.05) is 0 Å². The van der Waals surface area contributed by atoms with Gasteiger partial charge in [0.1, 0.15) is 11.6 Å². The standard InChI is InChI=1S/C26H50N2O6/c1-8-9-10-11-12-13-14-15-16-17-18-19(2)33-24(31)22(21(4)29)28-23(30)20(3)27-25(32)34-26(5,6)7/h19-22,29H,8-18H2,1-7H3,(H,27,32)(H,28,30)/t19?,20-,21+,22-/m0/s1. The Morgan fingerprint density at radius 3 is 1.79 bits per heavy atom. The second-order valence-electron chi connectivity index (χ2n) is 10.3. The topological polar surface area (TPSA) is 114 Å². The quantitative estimate of drug-likeness (QED) is 0.197. The monoisotopic (exact) mass is 486 g/mol. The normalized spacial score (nSPS) is 15.1. The summed E-state index contributed by atoms with van der Waals surface area (Å²) in [6.07, 6.45) is 10.9. The molecule has 0 aliphatic rings. The van der Waals surface area contributed by atoms with E-state index in [1.165, 1.54) is 65.2 Å². The van der Waals surface area contributed by atoms with Crippen molar-refractivity contribution in [1.29, 1.82) is 0 Å². The molecule has 200 valence electrons. The number of esters is 1. The molecule has 1 unspecified atom stereocenters. The molecule has 8 nitrogen and oxygen atoms in total. The van der Waals surface area contributed by atoms with Gasteiger partial charge in [-0.25, -0.2) is 9.59 Å². The number of aliphatic hydroxyl groups excluding tert-OH is 1. The highest BCUT2D eigenvalue weighted by molar-refractivity contribution is 5.89. The Labute approximate surface area is 206 Å². The van der Waals surface area contributed by atoms with E-state index in [-0.39, 0.29) is 6.10 Å². The molecule has 0 saturated heterocycles. The Kier molecular flexibility index (Phi) is 16.6. The first-order valence-electron chi connectivity index (χ1n) is 13.1. The minimum atomic E-state index is -1.22. The van der Waals surface area contributed by atoms with Gasteiger partial charge in [0.2, 0.25) is 5.91 Å². The summed E-state index contributed by atoms with van der Waals surface area (Å²) in [6.45, 7) is 12.1. The number of carbonyl (C=O) groups excluding carboxylic acids is 3. The molecule has 2 amide bonds. The Morgan fingerprint density at radius 2 is 1.32 bits per heavy atom. The van der Waals surface area contributed by atoms with E-state index in [4.69, 9.17) is 9.47 Å². The zero-order valence-electron chi connectivity index (χ0n) is 22.6. The highest BCUT2D eigenvalue weighted by Crippen LogP contribution is 2.13. The van der Waals surface area contributed by atoms with E-state index in [2.05, 4.69) is 17.6 Å². The molecule has 34 heavy (non-hydrogen) atoms. The summed E-state index contributed by atoms with van der Waals surface area (Å²) in [5.74, 6) is -1.30. The van der Waals surface area contributed by atoms with Crippen LogP contribution in [0.2, 0.25) is 0 Å². The lowest BCUT2D eigenvalue weighted by Crippen LogP contribution is -2.55. The third kappa shape index (κ3) is 16.7. The highest BCUT2D eigenvalue weighted by atomic mass is 16.6. The first kappa shape index (κ1) is 32.2. The van der Waals surface area contributed by atoms with Crippen molar-refractivity contribution in [2.24, 2.45) is 0 Å². The lowest BCUT2D eigenvalue weighted by molar-refractivity contribution is -0.155. The van der Waals surface area contributed by atoms with E-state index >= 15 is 0 Å². The number of amides is 2. The number of hydrogen-bond acceptors (Lipinski definition) is 6. The molecule has 8 heteroatoms. The van der Waals surface area contributed by atoms with Crippen LogP contribution in [-0.4, -0.2) is 53.0 Å². The average molecular weight is 487 g/mol. The van der Waals surface area contributed by atoms with Crippen molar-refractivity contribution < 1.29 is 29.0 Å². The lowest BCUT2D eigenvalue weighted by Gasteiger charge is -2.25. The minimum Gasteiger partial charge on any atom is -0.461 e. The number of hydrogen-bond donors (Lipinski definition) is 3. The summed E-state index contributed by atoms with van der Waals surface area (Å²) in [4.78, 5) is 36.8. The van der Waals surface area contributed by atoms with Crippen molar-refractivity contribution in [3.63, 3.8) is 0 Å². The first-order valence-corrected chi connectivity index (χ1v) is 13.1. The zero-order valence-corrected chi connectivity index (χ0v) is 22.6. The molecule has 0 saturated carbocycles. The fourth-order valence-corrected chi connectivity index (χ4v) is 3.45. The molecule has 0 bridgehead atoms. The van der Waals surface area contributed by atoms with Crippen molar-refractivity contribution >= 4 is 18.0 Å². The molecule has 0 fully saturated rings. The smallest absolute Gasteiger partial charge is 0.408 e. The number of ether oxygens (including phenoxy) is 2. The Hall–Kier alpha value is -1.83. The van der Waals surface area contributed by atoms with E-state index in [1.807, 2.05) is 6.92 Å². The second kappa shape index (κ2) is 17.6. The summed E-state index contributed by atoms with van der Waals surface area (Å²) < 4.78 is 10.6. The maximum atomic E-state index is 12.5. The largest absolute Gasteiger partial charge is 0.461 e. The predicted octanol–water partition coefficient (Wildman–Crippen LogP) is 5.01. The number of nitrogens with one attached hydrogen (secondary N) is 2. The summed E-state index contributed by atoms with van der Waals surface area (Å²) in [7, 11) is 0. The molecule has 0 aliphatic carbocycles. The number of aliphatic hydroxyl groups is 1. The third-order valence-corrected chi connectivity index (χ3v) is 5.44. The van der Waals surface area contributed by atoms with Crippen LogP contribution in [0.3, 0.4) is 0 Å². The van der Waals surface area contributed by atoms with Crippen molar-refractivity contribution in [2.45, 2.75) is 149 Å². The molecule has 0 aromatic carbocycles. The second-order valence-corrected chi connectivity index (χ2v) is 10.3. The van der Waals surface area contributed by atoms with Crippen LogP contribution < -0.4 is 10.6 Å². The van der Waals surface area contributed by atoms with E-state index in [0.29, 0.717) is 0 Å². The van der Waals surface area contributed by atoms with Gasteiger partial charge in [-0.15, -0.1) is 0 Å². The molecule has 0 rings (SSSR count). The molecule has 3 N–H and O–H groups in total. The van der Waals surface area contributed by atoms with Crippen LogP contribution in [0, 0.1) is 0 Å². The number of carbonyl (C=O) groups is 3. The fraction of sp³-hybridized carbons (Fsp3) is 0.885. The Morgan fingerprint density at radius 1 is 0.824 bits per heavy atom. The molecule has 0 aromatic rings. The first-order chi connectivity index (χ1) is 15.9. The van der Waals surface area contributed by atoms with Crippen molar-refractivity contribution in [3.8, 4) is 0 Å². The van der Waals surface area contributed by atoms with E-state index < -0.39 is 41.8 Å². The number of rotatable bonds is 17. The summed E-state index contributed by atoms with van der Waals surface area (Å²) >= 11 is 0. The average Bonchev–Trinajstić information content (AvgIpc) is 2.71. The van der Waals surface area contributed by atoms with Gasteiger partial charge < -0.3 is 25.2 Å². The van der Waals surface area contributed by atoms with Crippen LogP contribution in [-0.2, 0) is 19.1 Å². The maximum Gasteiger partial charge on any atom is 0.408 e. The highest BCUT2D eigenvalue weighted by Gasteiger charge is 2.30. The van der Waals surface area contributed by atoms with Gasteiger partial charge in [-0.3, -0.25) is 4.79 Å².